The Bertz CT molecular complexity index is 570. The Hall–Kier alpha value is -1.00. The molecule has 154 valence electrons. The predicted molar refractivity (Wildman–Crippen MR) is 114 cm³/mol. The highest BCUT2D eigenvalue weighted by molar-refractivity contribution is 14.0. The molecular weight excluding hydrogens is 467 g/mol. The Balaban J connectivity index is 0.00000364. The van der Waals surface area contributed by atoms with E-state index in [2.05, 4.69) is 15.6 Å². The fraction of sp³-hybridized carbons (Fsp3) is 0.632. The molecule has 8 heteroatoms. The summed E-state index contributed by atoms with van der Waals surface area (Å²) < 4.78 is 37.8. The van der Waals surface area contributed by atoms with Gasteiger partial charge in [0, 0.05) is 38.8 Å². The number of hydrogen-bond donors (Lipinski definition) is 2. The van der Waals surface area contributed by atoms with Gasteiger partial charge in [-0.05, 0) is 49.9 Å². The van der Waals surface area contributed by atoms with Crippen molar-refractivity contribution in [2.24, 2.45) is 10.9 Å². The van der Waals surface area contributed by atoms with E-state index in [4.69, 9.17) is 9.47 Å². The first-order valence-electron chi connectivity index (χ1n) is 9.30. The number of nitrogens with zero attached hydrogens (tertiary/aromatic N) is 1. The molecule has 0 aromatic heterocycles. The van der Waals surface area contributed by atoms with Gasteiger partial charge >= 0.3 is 0 Å². The van der Waals surface area contributed by atoms with Gasteiger partial charge in [-0.3, -0.25) is 4.99 Å². The van der Waals surface area contributed by atoms with Gasteiger partial charge in [0.05, 0.1) is 13.2 Å². The number of guanidine groups is 1. The summed E-state index contributed by atoms with van der Waals surface area (Å²) in [5.74, 6) is 0.389. The highest BCUT2D eigenvalue weighted by atomic mass is 127. The lowest BCUT2D eigenvalue weighted by Crippen LogP contribution is -2.38. The van der Waals surface area contributed by atoms with Gasteiger partial charge in [-0.1, -0.05) is 0 Å². The normalized spacial score (nSPS) is 16.9. The second-order valence-corrected chi connectivity index (χ2v) is 6.33. The SMILES string of the molecule is CCNC(=NCCCOCC1CCOC1)NCCc1cc(F)ccc1F.I. The Labute approximate surface area is 177 Å². The maximum absolute atomic E-state index is 13.6. The molecule has 2 rings (SSSR count). The minimum atomic E-state index is -0.425. The smallest absolute Gasteiger partial charge is 0.191 e. The molecule has 5 nitrogen and oxygen atoms in total. The third kappa shape index (κ3) is 9.66. The number of benzene rings is 1. The monoisotopic (exact) mass is 497 g/mol. The molecule has 27 heavy (non-hydrogen) atoms. The lowest BCUT2D eigenvalue weighted by atomic mass is 10.1. The van der Waals surface area contributed by atoms with Crippen LogP contribution in [0.25, 0.3) is 0 Å². The van der Waals surface area contributed by atoms with E-state index >= 15 is 0 Å². The van der Waals surface area contributed by atoms with E-state index in [-0.39, 0.29) is 29.8 Å². The average molecular weight is 497 g/mol. The zero-order chi connectivity index (χ0) is 18.6. The van der Waals surface area contributed by atoms with E-state index in [0.29, 0.717) is 43.6 Å². The highest BCUT2D eigenvalue weighted by Crippen LogP contribution is 2.12. The second-order valence-electron chi connectivity index (χ2n) is 6.33. The van der Waals surface area contributed by atoms with Crippen molar-refractivity contribution in [3.8, 4) is 0 Å². The molecule has 1 aromatic carbocycles. The number of hydrogen-bond acceptors (Lipinski definition) is 3. The molecule has 1 heterocycles. The predicted octanol–water partition coefficient (Wildman–Crippen LogP) is 3.12. The molecule has 0 radical (unpaired) electrons. The molecule has 0 saturated carbocycles. The fourth-order valence-electron chi connectivity index (χ4n) is 2.71. The number of halogens is 3. The Morgan fingerprint density at radius 1 is 1.33 bits per heavy atom. The van der Waals surface area contributed by atoms with Crippen molar-refractivity contribution in [1.82, 2.24) is 10.6 Å². The topological polar surface area (TPSA) is 54.9 Å². The third-order valence-corrected chi connectivity index (χ3v) is 4.13. The first-order valence-corrected chi connectivity index (χ1v) is 9.30. The largest absolute Gasteiger partial charge is 0.381 e. The molecule has 1 unspecified atom stereocenters. The summed E-state index contributed by atoms with van der Waals surface area (Å²) in [6.07, 6.45) is 2.31. The summed E-state index contributed by atoms with van der Waals surface area (Å²) in [5, 5.41) is 6.29. The van der Waals surface area contributed by atoms with Gasteiger partial charge in [0.1, 0.15) is 11.6 Å². The summed E-state index contributed by atoms with van der Waals surface area (Å²) >= 11 is 0. The number of rotatable bonds is 10. The first-order chi connectivity index (χ1) is 12.7. The minimum absolute atomic E-state index is 0. The average Bonchev–Trinajstić information content (AvgIpc) is 3.14. The first kappa shape index (κ1) is 24.0. The van der Waals surface area contributed by atoms with Crippen LogP contribution in [0.4, 0.5) is 8.78 Å². The zero-order valence-corrected chi connectivity index (χ0v) is 18.1. The highest BCUT2D eigenvalue weighted by Gasteiger charge is 2.15. The van der Waals surface area contributed by atoms with Gasteiger partial charge in [-0.25, -0.2) is 8.78 Å². The summed E-state index contributed by atoms with van der Waals surface area (Å²) in [4.78, 5) is 4.48. The molecular formula is C19H30F2IN3O2. The van der Waals surface area contributed by atoms with Crippen LogP contribution >= 0.6 is 24.0 Å². The summed E-state index contributed by atoms with van der Waals surface area (Å²) in [5.41, 5.74) is 0.359. The molecule has 1 atom stereocenters. The van der Waals surface area contributed by atoms with E-state index in [1.165, 1.54) is 6.07 Å². The van der Waals surface area contributed by atoms with E-state index in [9.17, 15) is 8.78 Å². The van der Waals surface area contributed by atoms with Crippen LogP contribution in [0.2, 0.25) is 0 Å². The molecule has 0 bridgehead atoms. The van der Waals surface area contributed by atoms with Crippen LogP contribution in [0, 0.1) is 17.6 Å². The van der Waals surface area contributed by atoms with Crippen LogP contribution in [0.15, 0.2) is 23.2 Å². The maximum atomic E-state index is 13.6. The van der Waals surface area contributed by atoms with Crippen molar-refractivity contribution in [2.45, 2.75) is 26.2 Å². The molecule has 0 spiro atoms. The Kier molecular flexibility index (Phi) is 12.5. The summed E-state index contributed by atoms with van der Waals surface area (Å²) in [6, 6.07) is 3.51. The molecule has 2 N–H and O–H groups in total. The molecule has 1 aromatic rings. The van der Waals surface area contributed by atoms with Crippen LogP contribution in [-0.4, -0.2) is 52.0 Å². The van der Waals surface area contributed by atoms with Crippen molar-refractivity contribution in [2.75, 3.05) is 46.1 Å². The lowest BCUT2D eigenvalue weighted by molar-refractivity contribution is 0.0893. The van der Waals surface area contributed by atoms with Crippen molar-refractivity contribution < 1.29 is 18.3 Å². The van der Waals surface area contributed by atoms with E-state index in [1.54, 1.807) is 0 Å². The third-order valence-electron chi connectivity index (χ3n) is 4.13. The van der Waals surface area contributed by atoms with Crippen LogP contribution in [0.1, 0.15) is 25.3 Å². The lowest BCUT2D eigenvalue weighted by Gasteiger charge is -2.12. The van der Waals surface area contributed by atoms with Gasteiger partial charge < -0.3 is 20.1 Å². The van der Waals surface area contributed by atoms with E-state index in [1.807, 2.05) is 6.92 Å². The summed E-state index contributed by atoms with van der Waals surface area (Å²) in [7, 11) is 0. The van der Waals surface area contributed by atoms with Gasteiger partial charge in [-0.2, -0.15) is 0 Å². The fourth-order valence-corrected chi connectivity index (χ4v) is 2.71. The number of aliphatic imine (C=N–C) groups is 1. The quantitative estimate of drug-likeness (QED) is 0.226. The zero-order valence-electron chi connectivity index (χ0n) is 15.8. The van der Waals surface area contributed by atoms with Crippen molar-refractivity contribution in [1.29, 1.82) is 0 Å². The molecule has 0 amide bonds. The van der Waals surface area contributed by atoms with Crippen LogP contribution in [0.5, 0.6) is 0 Å². The maximum Gasteiger partial charge on any atom is 0.191 e. The van der Waals surface area contributed by atoms with Crippen molar-refractivity contribution in [3.63, 3.8) is 0 Å². The van der Waals surface area contributed by atoms with Gasteiger partial charge in [0.2, 0.25) is 0 Å². The number of ether oxygens (including phenoxy) is 2. The van der Waals surface area contributed by atoms with Gasteiger partial charge in [0.15, 0.2) is 5.96 Å². The van der Waals surface area contributed by atoms with Crippen LogP contribution in [0.3, 0.4) is 0 Å². The van der Waals surface area contributed by atoms with Gasteiger partial charge in [-0.15, -0.1) is 24.0 Å². The minimum Gasteiger partial charge on any atom is -0.381 e. The van der Waals surface area contributed by atoms with E-state index < -0.39 is 5.82 Å². The molecule has 1 fully saturated rings. The molecule has 1 saturated heterocycles. The van der Waals surface area contributed by atoms with E-state index in [0.717, 1.165) is 51.3 Å². The van der Waals surface area contributed by atoms with Gasteiger partial charge in [0.25, 0.3) is 0 Å². The Morgan fingerprint density at radius 2 is 2.19 bits per heavy atom. The number of nitrogens with one attached hydrogen (secondary N) is 2. The molecule has 1 aliphatic heterocycles. The standard InChI is InChI=1S/C19H29F2N3O2.HI/c1-2-22-19(23-8-3-10-25-13-15-7-11-26-14-15)24-9-6-16-12-17(20)4-5-18(16)21;/h4-5,12,15H,2-3,6-11,13-14H2,1H3,(H2,22,23,24);1H. The summed E-state index contributed by atoms with van der Waals surface area (Å²) in [6.45, 7) is 6.91. The molecule has 1 aliphatic rings. The van der Waals surface area contributed by atoms with Crippen molar-refractivity contribution in [3.05, 3.63) is 35.4 Å². The second kappa shape index (κ2) is 14.1. The van der Waals surface area contributed by atoms with Crippen LogP contribution in [-0.2, 0) is 15.9 Å². The van der Waals surface area contributed by atoms with Crippen LogP contribution < -0.4 is 10.6 Å². The molecule has 0 aliphatic carbocycles. The van der Waals surface area contributed by atoms with Crippen molar-refractivity contribution >= 4 is 29.9 Å². The Morgan fingerprint density at radius 3 is 2.93 bits per heavy atom.